The number of allylic oxidation sites excluding steroid dienone is 1. The second-order valence-corrected chi connectivity index (χ2v) is 6.94. The van der Waals surface area contributed by atoms with Crippen molar-refractivity contribution in [2.75, 3.05) is 6.61 Å². The molecular weight excluding hydrogens is 364 g/mol. The van der Waals surface area contributed by atoms with Gasteiger partial charge in [0.2, 0.25) is 0 Å². The minimum atomic E-state index is -0.318. The zero-order valence-corrected chi connectivity index (χ0v) is 15.2. The molecular formula is C16H19BrN2O2S. The standard InChI is InChI=1S/C16H19BrN2O2S/c1-9(2)8-21-15(20)13-10(3)18-16(22)19-14(13)11-4-6-12(17)7-5-11/h4-7,9,14H,8H2,1-3H3,(H2,18,19,22)/t14-/m0/s1. The molecule has 0 saturated carbocycles. The molecule has 0 aliphatic carbocycles. The third-order valence-corrected chi connectivity index (χ3v) is 3.99. The van der Waals surface area contributed by atoms with Gasteiger partial charge in [-0.25, -0.2) is 4.79 Å². The van der Waals surface area contributed by atoms with Crippen LogP contribution < -0.4 is 10.6 Å². The fourth-order valence-electron chi connectivity index (χ4n) is 2.19. The van der Waals surface area contributed by atoms with E-state index in [4.69, 9.17) is 17.0 Å². The SMILES string of the molecule is CC1=C(C(=O)OCC(C)C)[C@H](c2ccc(Br)cc2)NC(=S)N1. The number of rotatable bonds is 4. The molecule has 1 aromatic carbocycles. The normalized spacial score (nSPS) is 18.0. The lowest BCUT2D eigenvalue weighted by molar-refractivity contribution is -0.140. The first-order valence-corrected chi connectivity index (χ1v) is 8.29. The lowest BCUT2D eigenvalue weighted by atomic mass is 9.96. The fourth-order valence-corrected chi connectivity index (χ4v) is 2.73. The molecule has 0 saturated heterocycles. The molecule has 0 spiro atoms. The number of esters is 1. The summed E-state index contributed by atoms with van der Waals surface area (Å²) >= 11 is 8.63. The van der Waals surface area contributed by atoms with Gasteiger partial charge in [-0.3, -0.25) is 0 Å². The van der Waals surface area contributed by atoms with Crippen molar-refractivity contribution >= 4 is 39.2 Å². The van der Waals surface area contributed by atoms with E-state index in [9.17, 15) is 4.79 Å². The number of hydrogen-bond acceptors (Lipinski definition) is 3. The zero-order valence-electron chi connectivity index (χ0n) is 12.8. The molecule has 1 aromatic rings. The minimum Gasteiger partial charge on any atom is -0.462 e. The van der Waals surface area contributed by atoms with Crippen molar-refractivity contribution in [2.45, 2.75) is 26.8 Å². The first-order valence-electron chi connectivity index (χ1n) is 7.09. The van der Waals surface area contributed by atoms with Gasteiger partial charge in [-0.2, -0.15) is 0 Å². The van der Waals surface area contributed by atoms with Crippen LogP contribution in [0.25, 0.3) is 0 Å². The van der Waals surface area contributed by atoms with E-state index in [1.54, 1.807) is 0 Å². The highest BCUT2D eigenvalue weighted by atomic mass is 79.9. The van der Waals surface area contributed by atoms with Crippen molar-refractivity contribution in [3.05, 3.63) is 45.6 Å². The average molecular weight is 383 g/mol. The molecule has 0 amide bonds. The van der Waals surface area contributed by atoms with Crippen LogP contribution in [0.2, 0.25) is 0 Å². The van der Waals surface area contributed by atoms with Crippen LogP contribution in [0, 0.1) is 5.92 Å². The van der Waals surface area contributed by atoms with Gasteiger partial charge in [0.25, 0.3) is 0 Å². The number of nitrogens with one attached hydrogen (secondary N) is 2. The number of thiocarbonyl (C=S) groups is 1. The average Bonchev–Trinajstić information content (AvgIpc) is 2.44. The van der Waals surface area contributed by atoms with Gasteiger partial charge in [-0.05, 0) is 42.8 Å². The Hall–Kier alpha value is -1.40. The molecule has 1 atom stereocenters. The van der Waals surface area contributed by atoms with Crippen LogP contribution in [0.5, 0.6) is 0 Å². The molecule has 0 aromatic heterocycles. The summed E-state index contributed by atoms with van der Waals surface area (Å²) in [6, 6.07) is 7.49. The van der Waals surface area contributed by atoms with Crippen LogP contribution in [0.1, 0.15) is 32.4 Å². The second kappa shape index (κ2) is 7.24. The molecule has 1 aliphatic rings. The summed E-state index contributed by atoms with van der Waals surface area (Å²) in [7, 11) is 0. The highest BCUT2D eigenvalue weighted by molar-refractivity contribution is 9.10. The third-order valence-electron chi connectivity index (χ3n) is 3.24. The van der Waals surface area contributed by atoms with Crippen molar-refractivity contribution in [2.24, 2.45) is 5.92 Å². The summed E-state index contributed by atoms with van der Waals surface area (Å²) in [5.74, 6) is -0.0248. The van der Waals surface area contributed by atoms with E-state index >= 15 is 0 Å². The summed E-state index contributed by atoms with van der Waals surface area (Å²) in [5, 5.41) is 6.65. The van der Waals surface area contributed by atoms with E-state index in [1.165, 1.54) is 0 Å². The molecule has 118 valence electrons. The van der Waals surface area contributed by atoms with E-state index in [1.807, 2.05) is 45.0 Å². The molecule has 1 aliphatic heterocycles. The van der Waals surface area contributed by atoms with Crippen LogP contribution in [0.3, 0.4) is 0 Å². The maximum Gasteiger partial charge on any atom is 0.338 e. The molecule has 0 fully saturated rings. The highest BCUT2D eigenvalue weighted by Gasteiger charge is 2.30. The van der Waals surface area contributed by atoms with Crippen LogP contribution in [-0.2, 0) is 9.53 Å². The third kappa shape index (κ3) is 4.08. The molecule has 4 nitrogen and oxygen atoms in total. The van der Waals surface area contributed by atoms with Crippen molar-refractivity contribution in [1.29, 1.82) is 0 Å². The molecule has 0 radical (unpaired) electrons. The van der Waals surface area contributed by atoms with Gasteiger partial charge in [0.05, 0.1) is 18.2 Å². The van der Waals surface area contributed by atoms with Gasteiger partial charge in [-0.15, -0.1) is 0 Å². The molecule has 22 heavy (non-hydrogen) atoms. The van der Waals surface area contributed by atoms with E-state index in [0.29, 0.717) is 23.2 Å². The topological polar surface area (TPSA) is 50.4 Å². The van der Waals surface area contributed by atoms with Crippen molar-refractivity contribution < 1.29 is 9.53 Å². The van der Waals surface area contributed by atoms with E-state index in [0.717, 1.165) is 15.7 Å². The maximum atomic E-state index is 12.5. The summed E-state index contributed by atoms with van der Waals surface area (Å²) in [4.78, 5) is 12.5. The largest absolute Gasteiger partial charge is 0.462 e. The highest BCUT2D eigenvalue weighted by Crippen LogP contribution is 2.28. The van der Waals surface area contributed by atoms with Crippen molar-refractivity contribution in [3.8, 4) is 0 Å². The van der Waals surface area contributed by atoms with Crippen LogP contribution in [0.4, 0.5) is 0 Å². The Balaban J connectivity index is 2.32. The summed E-state index contributed by atoms with van der Waals surface area (Å²) in [5.41, 5.74) is 2.25. The van der Waals surface area contributed by atoms with Crippen LogP contribution in [0.15, 0.2) is 40.0 Å². The first kappa shape index (κ1) is 17.0. The van der Waals surface area contributed by atoms with E-state index in [-0.39, 0.29) is 12.0 Å². The maximum absolute atomic E-state index is 12.5. The quantitative estimate of drug-likeness (QED) is 0.616. The number of benzene rings is 1. The lowest BCUT2D eigenvalue weighted by Gasteiger charge is -2.30. The Morgan fingerprint density at radius 3 is 2.59 bits per heavy atom. The monoisotopic (exact) mass is 382 g/mol. The zero-order chi connectivity index (χ0) is 16.3. The number of ether oxygens (including phenoxy) is 1. The van der Waals surface area contributed by atoms with Gasteiger partial charge in [-0.1, -0.05) is 41.9 Å². The van der Waals surface area contributed by atoms with Gasteiger partial charge in [0, 0.05) is 10.2 Å². The van der Waals surface area contributed by atoms with E-state index in [2.05, 4.69) is 26.6 Å². The first-order chi connectivity index (χ1) is 10.4. The smallest absolute Gasteiger partial charge is 0.338 e. The minimum absolute atomic E-state index is 0.293. The summed E-state index contributed by atoms with van der Waals surface area (Å²) in [6.07, 6.45) is 0. The lowest BCUT2D eigenvalue weighted by Crippen LogP contribution is -2.45. The van der Waals surface area contributed by atoms with Crippen LogP contribution >= 0.6 is 28.1 Å². The predicted molar refractivity (Wildman–Crippen MR) is 94.2 cm³/mol. The molecule has 6 heteroatoms. The van der Waals surface area contributed by atoms with Crippen molar-refractivity contribution in [3.63, 3.8) is 0 Å². The molecule has 2 rings (SSSR count). The number of halogens is 1. The van der Waals surface area contributed by atoms with Crippen molar-refractivity contribution in [1.82, 2.24) is 10.6 Å². The van der Waals surface area contributed by atoms with Gasteiger partial charge in [0.15, 0.2) is 5.11 Å². The Morgan fingerprint density at radius 2 is 2.00 bits per heavy atom. The van der Waals surface area contributed by atoms with E-state index < -0.39 is 0 Å². The molecule has 1 heterocycles. The Kier molecular flexibility index (Phi) is 5.58. The second-order valence-electron chi connectivity index (χ2n) is 5.61. The Morgan fingerprint density at radius 1 is 1.36 bits per heavy atom. The predicted octanol–water partition coefficient (Wildman–Crippen LogP) is 3.44. The fraction of sp³-hybridized carbons (Fsp3) is 0.375. The van der Waals surface area contributed by atoms with Gasteiger partial charge in [0.1, 0.15) is 0 Å². The van der Waals surface area contributed by atoms with Crippen LogP contribution in [-0.4, -0.2) is 17.7 Å². The van der Waals surface area contributed by atoms with Gasteiger partial charge < -0.3 is 15.4 Å². The Bertz CT molecular complexity index is 611. The van der Waals surface area contributed by atoms with Gasteiger partial charge >= 0.3 is 5.97 Å². The summed E-state index contributed by atoms with van der Waals surface area (Å²) < 4.78 is 6.38. The molecule has 0 unspecified atom stereocenters. The number of hydrogen-bond donors (Lipinski definition) is 2. The number of carbonyl (C=O) groups is 1. The molecule has 2 N–H and O–H groups in total. The number of carbonyl (C=O) groups excluding carboxylic acids is 1. The summed E-state index contributed by atoms with van der Waals surface area (Å²) in [6.45, 7) is 6.25. The molecule has 0 bridgehead atoms. The Labute approximate surface area is 144 Å².